The Morgan fingerprint density at radius 1 is 1.15 bits per heavy atom. The molecule has 0 aliphatic carbocycles. The molecule has 3 aliphatic heterocycles. The molecule has 3 heterocycles. The van der Waals surface area contributed by atoms with Gasteiger partial charge >= 0.3 is 5.70 Å². The zero-order valence-corrected chi connectivity index (χ0v) is 16.5. The largest absolute Gasteiger partial charge is 0.348 e. The molecule has 0 aromatic heterocycles. The number of ether oxygens (including phenoxy) is 1. The van der Waals surface area contributed by atoms with Crippen molar-refractivity contribution in [1.82, 2.24) is 9.80 Å². The van der Waals surface area contributed by atoms with Crippen LogP contribution >= 0.6 is 0 Å². The van der Waals surface area contributed by atoms with Crippen molar-refractivity contribution in [3.63, 3.8) is 0 Å². The maximum Gasteiger partial charge on any atom is 0.314 e. The van der Waals surface area contributed by atoms with Gasteiger partial charge in [0.05, 0.1) is 4.92 Å². The van der Waals surface area contributed by atoms with Crippen molar-refractivity contribution in [2.24, 2.45) is 0 Å². The Bertz CT molecular complexity index is 751. The van der Waals surface area contributed by atoms with Gasteiger partial charge in [0, 0.05) is 19.6 Å². The van der Waals surface area contributed by atoms with Crippen molar-refractivity contribution in [2.75, 3.05) is 13.1 Å². The van der Waals surface area contributed by atoms with Gasteiger partial charge in [-0.05, 0) is 42.2 Å². The Morgan fingerprint density at radius 3 is 2.56 bits per heavy atom. The van der Waals surface area contributed by atoms with E-state index in [0.717, 1.165) is 44.6 Å². The van der Waals surface area contributed by atoms with Crippen LogP contribution in [0, 0.1) is 10.1 Å². The molecule has 2 fully saturated rings. The molecule has 3 aliphatic rings. The number of hydrogen-bond donors (Lipinski definition) is 0. The van der Waals surface area contributed by atoms with Crippen LogP contribution in [0.1, 0.15) is 57.6 Å². The number of nitro groups is 1. The van der Waals surface area contributed by atoms with Gasteiger partial charge < -0.3 is 14.5 Å². The lowest BCUT2D eigenvalue weighted by Crippen LogP contribution is -2.56. The highest BCUT2D eigenvalue weighted by Gasteiger charge is 2.47. The summed E-state index contributed by atoms with van der Waals surface area (Å²) in [6, 6.07) is 8.68. The standard InChI is InChI=1S/C21H29N3O3/c1-21(2,3)16-10-8-15(9-11-16)14-22-12-5-13-23-18-7-4-6-17(27-18)19(20(22)23)24(25)26/h8-11,17-18H,4-7,12-14H2,1-3H3. The first-order valence-corrected chi connectivity index (χ1v) is 9.99. The summed E-state index contributed by atoms with van der Waals surface area (Å²) in [6.07, 6.45) is 3.32. The van der Waals surface area contributed by atoms with E-state index in [9.17, 15) is 10.1 Å². The van der Waals surface area contributed by atoms with Crippen LogP contribution in [0.2, 0.25) is 0 Å². The molecule has 1 aromatic rings. The van der Waals surface area contributed by atoms with E-state index in [2.05, 4.69) is 54.8 Å². The van der Waals surface area contributed by atoms with E-state index < -0.39 is 0 Å². The molecule has 0 saturated carbocycles. The first-order valence-electron chi connectivity index (χ1n) is 9.99. The van der Waals surface area contributed by atoms with Crippen LogP contribution in [0.3, 0.4) is 0 Å². The minimum Gasteiger partial charge on any atom is -0.348 e. The minimum atomic E-state index is -0.367. The van der Waals surface area contributed by atoms with Gasteiger partial charge in [0.2, 0.25) is 0 Å². The van der Waals surface area contributed by atoms with Gasteiger partial charge in [0.15, 0.2) is 11.9 Å². The van der Waals surface area contributed by atoms with Crippen molar-refractivity contribution >= 4 is 0 Å². The highest BCUT2D eigenvalue weighted by Crippen LogP contribution is 2.39. The lowest BCUT2D eigenvalue weighted by atomic mass is 9.86. The van der Waals surface area contributed by atoms with E-state index in [1.54, 1.807) is 0 Å². The molecule has 2 unspecified atom stereocenters. The van der Waals surface area contributed by atoms with Crippen LogP contribution in [0.4, 0.5) is 0 Å². The quantitative estimate of drug-likeness (QED) is 0.597. The molecule has 6 nitrogen and oxygen atoms in total. The molecular formula is C21H29N3O3. The van der Waals surface area contributed by atoms with Crippen LogP contribution in [-0.2, 0) is 16.7 Å². The summed E-state index contributed by atoms with van der Waals surface area (Å²) in [7, 11) is 0. The second kappa shape index (κ2) is 6.82. The summed E-state index contributed by atoms with van der Waals surface area (Å²) in [5.74, 6) is 0.798. The molecule has 0 radical (unpaired) electrons. The molecule has 27 heavy (non-hydrogen) atoms. The number of rotatable bonds is 3. The summed E-state index contributed by atoms with van der Waals surface area (Å²) in [5.41, 5.74) is 2.88. The second-order valence-corrected chi connectivity index (χ2v) is 8.89. The molecule has 1 aromatic carbocycles. The molecular weight excluding hydrogens is 342 g/mol. The Balaban J connectivity index is 1.65. The third kappa shape index (κ3) is 3.43. The number of fused-ring (bicyclic) bond motifs is 4. The van der Waals surface area contributed by atoms with Gasteiger partial charge in [0.25, 0.3) is 0 Å². The normalized spacial score (nSPS) is 25.4. The van der Waals surface area contributed by atoms with E-state index in [1.165, 1.54) is 11.1 Å². The molecule has 2 bridgehead atoms. The SMILES string of the molecule is CC(C)(C)c1ccc(CN2CCCN3C2=C([N+](=O)[O-])C2CCCC3O2)cc1. The first kappa shape index (κ1) is 18.3. The third-order valence-corrected chi connectivity index (χ3v) is 5.91. The smallest absolute Gasteiger partial charge is 0.314 e. The first-order chi connectivity index (χ1) is 12.8. The zero-order valence-electron chi connectivity index (χ0n) is 16.5. The molecule has 0 N–H and O–H groups in total. The second-order valence-electron chi connectivity index (χ2n) is 8.89. The summed E-state index contributed by atoms with van der Waals surface area (Å²) >= 11 is 0. The molecule has 2 saturated heterocycles. The monoisotopic (exact) mass is 371 g/mol. The van der Waals surface area contributed by atoms with E-state index in [1.807, 2.05) is 0 Å². The van der Waals surface area contributed by atoms with Gasteiger partial charge in [-0.1, -0.05) is 45.0 Å². The van der Waals surface area contributed by atoms with E-state index in [0.29, 0.717) is 6.54 Å². The van der Waals surface area contributed by atoms with Gasteiger partial charge in [-0.15, -0.1) is 0 Å². The summed E-state index contributed by atoms with van der Waals surface area (Å²) in [5, 5.41) is 11.9. The number of nitrogens with zero attached hydrogens (tertiary/aromatic N) is 3. The summed E-state index contributed by atoms with van der Waals surface area (Å²) < 4.78 is 6.02. The zero-order chi connectivity index (χ0) is 19.2. The van der Waals surface area contributed by atoms with Crippen molar-refractivity contribution in [2.45, 2.75) is 70.7 Å². The van der Waals surface area contributed by atoms with Crippen LogP contribution in [0.25, 0.3) is 0 Å². The molecule has 146 valence electrons. The highest BCUT2D eigenvalue weighted by atomic mass is 16.6. The van der Waals surface area contributed by atoms with Gasteiger partial charge in [0.1, 0.15) is 6.23 Å². The van der Waals surface area contributed by atoms with E-state index in [4.69, 9.17) is 4.74 Å². The molecule has 2 atom stereocenters. The summed E-state index contributed by atoms with van der Waals surface area (Å²) in [6.45, 7) is 9.01. The van der Waals surface area contributed by atoms with Crippen molar-refractivity contribution < 1.29 is 9.66 Å². The number of hydrogen-bond acceptors (Lipinski definition) is 5. The average molecular weight is 371 g/mol. The van der Waals surface area contributed by atoms with Crippen LogP contribution in [-0.4, -0.2) is 40.1 Å². The predicted molar refractivity (Wildman–Crippen MR) is 103 cm³/mol. The maximum absolute atomic E-state index is 11.9. The topological polar surface area (TPSA) is 58.9 Å². The minimum absolute atomic E-state index is 0.00600. The van der Waals surface area contributed by atoms with Gasteiger partial charge in [-0.2, -0.15) is 0 Å². The molecule has 4 rings (SSSR count). The molecule has 6 heteroatoms. The fraction of sp³-hybridized carbons (Fsp3) is 0.619. The fourth-order valence-corrected chi connectivity index (χ4v) is 4.48. The van der Waals surface area contributed by atoms with Gasteiger partial charge in [-0.25, -0.2) is 0 Å². The van der Waals surface area contributed by atoms with Crippen LogP contribution in [0.15, 0.2) is 35.8 Å². The average Bonchev–Trinajstić information content (AvgIpc) is 2.62. The number of benzene rings is 1. The molecule has 0 spiro atoms. The predicted octanol–water partition coefficient (Wildman–Crippen LogP) is 3.85. The Labute approximate surface area is 160 Å². The lowest BCUT2D eigenvalue weighted by molar-refractivity contribution is -0.450. The van der Waals surface area contributed by atoms with E-state index in [-0.39, 0.29) is 28.4 Å². The maximum atomic E-state index is 11.9. The van der Waals surface area contributed by atoms with Crippen LogP contribution in [0.5, 0.6) is 0 Å². The highest BCUT2D eigenvalue weighted by molar-refractivity contribution is 5.28. The van der Waals surface area contributed by atoms with Crippen molar-refractivity contribution in [3.05, 3.63) is 57.0 Å². The van der Waals surface area contributed by atoms with Crippen molar-refractivity contribution in [1.29, 1.82) is 0 Å². The Hall–Kier alpha value is -2.08. The van der Waals surface area contributed by atoms with E-state index >= 15 is 0 Å². The lowest BCUT2D eigenvalue weighted by Gasteiger charge is -2.49. The Morgan fingerprint density at radius 2 is 1.89 bits per heavy atom. The third-order valence-electron chi connectivity index (χ3n) is 5.91. The van der Waals surface area contributed by atoms with Crippen LogP contribution < -0.4 is 0 Å². The van der Waals surface area contributed by atoms with Gasteiger partial charge in [-0.3, -0.25) is 10.1 Å². The van der Waals surface area contributed by atoms with Crippen molar-refractivity contribution in [3.8, 4) is 0 Å². The Kier molecular flexibility index (Phi) is 4.62. The summed E-state index contributed by atoms with van der Waals surface area (Å²) in [4.78, 5) is 16.0. The fourth-order valence-electron chi connectivity index (χ4n) is 4.48. The molecule has 0 amide bonds.